The fourth-order valence-electron chi connectivity index (χ4n) is 5.64. The van der Waals surface area contributed by atoms with E-state index in [1.807, 2.05) is 0 Å². The molecule has 2 atom stereocenters. The number of unbranched alkanes of at least 4 members (excludes halogenated alkanes) is 24. The van der Waals surface area contributed by atoms with Gasteiger partial charge in [0.15, 0.2) is 0 Å². The first-order valence-electron chi connectivity index (χ1n) is 19.6. The number of rotatable bonds is 36. The summed E-state index contributed by atoms with van der Waals surface area (Å²) in [5, 5.41) is 0. The summed E-state index contributed by atoms with van der Waals surface area (Å²) in [4.78, 5) is 36.4. The zero-order chi connectivity index (χ0) is 33.9. The van der Waals surface area contributed by atoms with E-state index in [-0.39, 0.29) is 37.8 Å². The second-order valence-electron chi connectivity index (χ2n) is 13.5. The van der Waals surface area contributed by atoms with Crippen LogP contribution in [-0.4, -0.2) is 48.0 Å². The zero-order valence-corrected chi connectivity index (χ0v) is 32.9. The largest absolute Gasteiger partial charge is 0.462 e. The first-order chi connectivity index (χ1) is 22.4. The van der Waals surface area contributed by atoms with Gasteiger partial charge in [-0.3, -0.25) is 14.4 Å². The molecule has 280 valence electrons. The Morgan fingerprint density at radius 1 is 0.532 bits per heavy atom. The SMILES string of the molecule is CCCCCCCCCCCCCCCC(=O)OC[C@@H](CSC[C@H](N)C(C)=O)OC(=O)CCCCCCCCCCCCCCC.S. The molecule has 0 heterocycles. The van der Waals surface area contributed by atoms with Crippen molar-refractivity contribution in [3.05, 3.63) is 0 Å². The van der Waals surface area contributed by atoms with Crippen molar-refractivity contribution in [3.63, 3.8) is 0 Å². The van der Waals surface area contributed by atoms with E-state index in [0.717, 1.165) is 38.5 Å². The van der Waals surface area contributed by atoms with E-state index in [4.69, 9.17) is 15.2 Å². The van der Waals surface area contributed by atoms with Crippen LogP contribution in [0, 0.1) is 0 Å². The van der Waals surface area contributed by atoms with Crippen molar-refractivity contribution in [1.82, 2.24) is 0 Å². The average molecular weight is 704 g/mol. The van der Waals surface area contributed by atoms with E-state index in [0.29, 0.717) is 24.3 Å². The fraction of sp³-hybridized carbons (Fsp3) is 0.923. The number of Topliss-reactive ketones (excluding diaryl/α,β-unsaturated/α-hetero) is 1. The Hall–Kier alpha value is -0.730. The van der Waals surface area contributed by atoms with Gasteiger partial charge in [-0.25, -0.2) is 0 Å². The molecule has 47 heavy (non-hydrogen) atoms. The molecule has 8 heteroatoms. The van der Waals surface area contributed by atoms with Crippen LogP contribution in [0.5, 0.6) is 0 Å². The van der Waals surface area contributed by atoms with Gasteiger partial charge in [0.25, 0.3) is 0 Å². The van der Waals surface area contributed by atoms with E-state index >= 15 is 0 Å². The number of ketones is 1. The number of nitrogens with two attached hydrogens (primary N) is 1. The Morgan fingerprint density at radius 2 is 0.872 bits per heavy atom. The third-order valence-corrected chi connectivity index (χ3v) is 10.0. The van der Waals surface area contributed by atoms with Gasteiger partial charge in [0.1, 0.15) is 18.5 Å². The molecule has 6 nitrogen and oxygen atoms in total. The summed E-state index contributed by atoms with van der Waals surface area (Å²) in [6, 6.07) is -0.537. The molecular weight excluding hydrogens is 627 g/mol. The van der Waals surface area contributed by atoms with Gasteiger partial charge < -0.3 is 15.2 Å². The molecular formula is C39H77NO5S2. The normalized spacial score (nSPS) is 12.3. The molecule has 0 rings (SSSR count). The molecule has 0 aromatic heterocycles. The van der Waals surface area contributed by atoms with Gasteiger partial charge in [-0.15, -0.1) is 0 Å². The summed E-state index contributed by atoms with van der Waals surface area (Å²) in [7, 11) is 0. The van der Waals surface area contributed by atoms with Crippen molar-refractivity contribution >= 4 is 43.0 Å². The maximum Gasteiger partial charge on any atom is 0.306 e. The quantitative estimate of drug-likeness (QED) is 0.0512. The highest BCUT2D eigenvalue weighted by Gasteiger charge is 2.18. The lowest BCUT2D eigenvalue weighted by atomic mass is 10.0. The van der Waals surface area contributed by atoms with Crippen LogP contribution in [0.25, 0.3) is 0 Å². The molecule has 0 saturated heterocycles. The van der Waals surface area contributed by atoms with Gasteiger partial charge in [-0.2, -0.15) is 25.3 Å². The number of esters is 2. The molecule has 0 radical (unpaired) electrons. The van der Waals surface area contributed by atoms with Gasteiger partial charge in [0.05, 0.1) is 6.04 Å². The third-order valence-electron chi connectivity index (χ3n) is 8.82. The number of carbonyl (C=O) groups is 3. The first-order valence-corrected chi connectivity index (χ1v) is 20.7. The molecule has 0 aromatic rings. The first kappa shape index (κ1) is 48.4. The second kappa shape index (κ2) is 38.1. The van der Waals surface area contributed by atoms with Gasteiger partial charge in [0.2, 0.25) is 0 Å². The molecule has 2 N–H and O–H groups in total. The molecule has 0 spiro atoms. The van der Waals surface area contributed by atoms with Crippen molar-refractivity contribution in [2.24, 2.45) is 5.73 Å². The minimum Gasteiger partial charge on any atom is -0.462 e. The Morgan fingerprint density at radius 3 is 1.23 bits per heavy atom. The van der Waals surface area contributed by atoms with Crippen molar-refractivity contribution in [3.8, 4) is 0 Å². The van der Waals surface area contributed by atoms with E-state index in [9.17, 15) is 14.4 Å². The van der Waals surface area contributed by atoms with Crippen molar-refractivity contribution in [1.29, 1.82) is 0 Å². The number of hydrogen-bond donors (Lipinski definition) is 1. The summed E-state index contributed by atoms with van der Waals surface area (Å²) in [6.45, 7) is 6.06. The lowest BCUT2D eigenvalue weighted by molar-refractivity contribution is -0.157. The monoisotopic (exact) mass is 704 g/mol. The van der Waals surface area contributed by atoms with E-state index in [1.54, 1.807) is 0 Å². The van der Waals surface area contributed by atoms with Crippen molar-refractivity contribution < 1.29 is 23.9 Å². The third kappa shape index (κ3) is 36.4. The topological polar surface area (TPSA) is 95.7 Å². The fourth-order valence-corrected chi connectivity index (χ4v) is 6.69. The van der Waals surface area contributed by atoms with Crippen LogP contribution in [0.4, 0.5) is 0 Å². The number of thioether (sulfide) groups is 1. The highest BCUT2D eigenvalue weighted by Crippen LogP contribution is 2.16. The smallest absolute Gasteiger partial charge is 0.306 e. The summed E-state index contributed by atoms with van der Waals surface area (Å²) in [6.07, 6.45) is 33.1. The molecule has 0 fully saturated rings. The van der Waals surface area contributed by atoms with Crippen LogP contribution >= 0.6 is 25.3 Å². The predicted molar refractivity (Wildman–Crippen MR) is 208 cm³/mol. The van der Waals surface area contributed by atoms with E-state index < -0.39 is 12.1 Å². The van der Waals surface area contributed by atoms with Crippen LogP contribution in [0.15, 0.2) is 0 Å². The maximum absolute atomic E-state index is 12.6. The molecule has 0 saturated carbocycles. The van der Waals surface area contributed by atoms with E-state index in [1.165, 1.54) is 147 Å². The minimum atomic E-state index is -0.537. The lowest BCUT2D eigenvalue weighted by Gasteiger charge is -2.18. The Labute approximate surface area is 302 Å². The van der Waals surface area contributed by atoms with E-state index in [2.05, 4.69) is 13.8 Å². The highest BCUT2D eigenvalue weighted by atomic mass is 32.2. The van der Waals surface area contributed by atoms with Gasteiger partial charge in [-0.1, -0.05) is 168 Å². The predicted octanol–water partition coefficient (Wildman–Crippen LogP) is 11.2. The average Bonchev–Trinajstić information content (AvgIpc) is 3.04. The van der Waals surface area contributed by atoms with Gasteiger partial charge in [0, 0.05) is 24.3 Å². The number of hydrogen-bond acceptors (Lipinski definition) is 7. The van der Waals surface area contributed by atoms with Crippen molar-refractivity contribution in [2.75, 3.05) is 18.1 Å². The molecule has 0 aliphatic heterocycles. The second-order valence-corrected chi connectivity index (χ2v) is 14.6. The number of ether oxygens (including phenoxy) is 2. The Balaban J connectivity index is 0. The van der Waals surface area contributed by atoms with Gasteiger partial charge in [-0.05, 0) is 19.8 Å². The molecule has 0 aliphatic rings. The van der Waals surface area contributed by atoms with Crippen LogP contribution < -0.4 is 5.73 Å². The highest BCUT2D eigenvalue weighted by molar-refractivity contribution is 7.99. The summed E-state index contributed by atoms with van der Waals surface area (Å²) in [5.74, 6) is 0.378. The van der Waals surface area contributed by atoms with Gasteiger partial charge >= 0.3 is 11.9 Å². The standard InChI is InChI=1S/C39H75NO5S.H2S/c1-4-6-8-10-12-14-16-18-20-22-24-26-28-30-38(42)44-32-36(33-46-34-37(40)35(3)41)45-39(43)31-29-27-25-23-21-19-17-15-13-11-9-7-5-2;/h36-37H,4-34,40H2,1-3H3;1H2/t36-,37-;/m0./s1. The lowest BCUT2D eigenvalue weighted by Crippen LogP contribution is -2.32. The Kier molecular flexibility index (Phi) is 39.2. The zero-order valence-electron chi connectivity index (χ0n) is 31.1. The van der Waals surface area contributed by atoms with Crippen LogP contribution in [0.1, 0.15) is 201 Å². The van der Waals surface area contributed by atoms with Crippen LogP contribution in [0.3, 0.4) is 0 Å². The summed E-state index contributed by atoms with van der Waals surface area (Å²) in [5.41, 5.74) is 5.86. The van der Waals surface area contributed by atoms with Crippen molar-refractivity contribution in [2.45, 2.75) is 213 Å². The molecule has 0 aromatic carbocycles. The van der Waals surface area contributed by atoms with Crippen LogP contribution in [-0.2, 0) is 23.9 Å². The molecule has 0 aliphatic carbocycles. The molecule has 0 amide bonds. The molecule has 0 bridgehead atoms. The number of carbonyl (C=O) groups excluding carboxylic acids is 3. The summed E-state index contributed by atoms with van der Waals surface area (Å²) >= 11 is 1.46. The maximum atomic E-state index is 12.6. The Bertz CT molecular complexity index is 709. The molecule has 0 unspecified atom stereocenters. The minimum absolute atomic E-state index is 0. The van der Waals surface area contributed by atoms with Crippen LogP contribution in [0.2, 0.25) is 0 Å². The summed E-state index contributed by atoms with van der Waals surface area (Å²) < 4.78 is 11.2.